The summed E-state index contributed by atoms with van der Waals surface area (Å²) in [4.78, 5) is 29.1. The van der Waals surface area contributed by atoms with E-state index in [1.807, 2.05) is 17.5 Å². The molecular formula is C27H26ClNO8S. The minimum absolute atomic E-state index is 0.130. The number of amides is 1. The van der Waals surface area contributed by atoms with Crippen LogP contribution in [0.15, 0.2) is 47.4 Å². The maximum Gasteiger partial charge on any atom is 0.295 e. The molecule has 0 radical (unpaired) electrons. The average molecular weight is 560 g/mol. The first-order chi connectivity index (χ1) is 18.3. The zero-order chi connectivity index (χ0) is 27.6. The van der Waals surface area contributed by atoms with Crippen molar-refractivity contribution in [1.29, 1.82) is 0 Å². The van der Waals surface area contributed by atoms with Gasteiger partial charge in [0.2, 0.25) is 5.75 Å². The molecule has 1 aromatic heterocycles. The molecule has 1 aliphatic heterocycles. The number of rotatable bonds is 9. The van der Waals surface area contributed by atoms with Crippen LogP contribution in [0.3, 0.4) is 0 Å². The standard InChI is InChI=1S/C27H26ClNO8S/c1-33-18-12-19(34-2)17(28)11-16(18)24(30)22-23(14-9-20(35-3)26(37-5)21(10-14)36-4)29(27(32)25(22)31)13-15-7-6-8-38-15/h6-12,23,30H,13H2,1-5H3/b24-22+. The van der Waals surface area contributed by atoms with E-state index in [0.29, 0.717) is 28.6 Å². The van der Waals surface area contributed by atoms with E-state index in [2.05, 4.69) is 0 Å². The van der Waals surface area contributed by atoms with E-state index >= 15 is 0 Å². The summed E-state index contributed by atoms with van der Waals surface area (Å²) in [5.41, 5.74) is 0.459. The number of carbonyl (C=O) groups is 2. The second-order valence-electron chi connectivity index (χ2n) is 8.15. The average Bonchev–Trinajstić information content (AvgIpc) is 3.53. The molecule has 0 bridgehead atoms. The number of hydrogen-bond donors (Lipinski definition) is 1. The van der Waals surface area contributed by atoms with Gasteiger partial charge in [0.1, 0.15) is 17.3 Å². The SMILES string of the molecule is COc1cc(OC)c(/C(O)=C2\C(=O)C(=O)N(Cc3cccs3)C2c2cc(OC)c(OC)c(OC)c2)cc1Cl. The molecular weight excluding hydrogens is 534 g/mol. The Hall–Kier alpha value is -3.89. The van der Waals surface area contributed by atoms with Crippen molar-refractivity contribution in [3.05, 3.63) is 68.4 Å². The Morgan fingerprint density at radius 1 is 0.921 bits per heavy atom. The molecule has 11 heteroatoms. The molecule has 1 fully saturated rings. The van der Waals surface area contributed by atoms with Gasteiger partial charge in [-0.25, -0.2) is 0 Å². The summed E-state index contributed by atoms with van der Waals surface area (Å²) in [7, 11) is 7.26. The molecule has 1 unspecified atom stereocenters. The summed E-state index contributed by atoms with van der Waals surface area (Å²) in [5, 5.41) is 13.6. The monoisotopic (exact) mass is 559 g/mol. The lowest BCUT2D eigenvalue weighted by Gasteiger charge is -2.26. The first-order valence-corrected chi connectivity index (χ1v) is 12.6. The Labute approximate surface area is 228 Å². The lowest BCUT2D eigenvalue weighted by Crippen LogP contribution is -2.29. The number of nitrogens with zero attached hydrogens (tertiary/aromatic N) is 1. The number of benzene rings is 2. The zero-order valence-corrected chi connectivity index (χ0v) is 22.9. The third kappa shape index (κ3) is 4.72. The highest BCUT2D eigenvalue weighted by molar-refractivity contribution is 7.09. The number of ketones is 1. The van der Waals surface area contributed by atoms with Crippen LogP contribution in [0, 0.1) is 0 Å². The van der Waals surface area contributed by atoms with Gasteiger partial charge in [-0.2, -0.15) is 0 Å². The fourth-order valence-corrected chi connectivity index (χ4v) is 5.35. The molecule has 0 spiro atoms. The van der Waals surface area contributed by atoms with Crippen LogP contribution in [0.2, 0.25) is 5.02 Å². The fourth-order valence-electron chi connectivity index (χ4n) is 4.41. The molecule has 4 rings (SSSR count). The van der Waals surface area contributed by atoms with Crippen LogP contribution < -0.4 is 23.7 Å². The highest BCUT2D eigenvalue weighted by atomic mass is 35.5. The van der Waals surface area contributed by atoms with E-state index in [4.69, 9.17) is 35.3 Å². The lowest BCUT2D eigenvalue weighted by molar-refractivity contribution is -0.140. The predicted molar refractivity (Wildman–Crippen MR) is 143 cm³/mol. The third-order valence-corrected chi connectivity index (χ3v) is 7.33. The number of aliphatic hydroxyl groups excluding tert-OH is 1. The third-order valence-electron chi connectivity index (χ3n) is 6.18. The van der Waals surface area contributed by atoms with Crippen LogP contribution in [0.5, 0.6) is 28.7 Å². The number of halogens is 1. The largest absolute Gasteiger partial charge is 0.507 e. The van der Waals surface area contributed by atoms with Crippen molar-refractivity contribution >= 4 is 40.4 Å². The van der Waals surface area contributed by atoms with Gasteiger partial charge in [-0.3, -0.25) is 9.59 Å². The number of methoxy groups -OCH3 is 5. The van der Waals surface area contributed by atoms with Gasteiger partial charge in [-0.1, -0.05) is 17.7 Å². The molecule has 1 amide bonds. The maximum absolute atomic E-state index is 13.5. The first kappa shape index (κ1) is 27.2. The molecule has 2 aromatic carbocycles. The number of hydrogen-bond acceptors (Lipinski definition) is 9. The summed E-state index contributed by atoms with van der Waals surface area (Å²) in [6.45, 7) is 0.140. The van der Waals surface area contributed by atoms with Gasteiger partial charge in [0.15, 0.2) is 11.5 Å². The molecule has 38 heavy (non-hydrogen) atoms. The van der Waals surface area contributed by atoms with Gasteiger partial charge in [-0.05, 0) is 35.2 Å². The van der Waals surface area contributed by atoms with Crippen molar-refractivity contribution in [2.75, 3.05) is 35.5 Å². The van der Waals surface area contributed by atoms with E-state index < -0.39 is 23.5 Å². The first-order valence-electron chi connectivity index (χ1n) is 11.3. The van der Waals surface area contributed by atoms with Crippen LogP contribution in [-0.2, 0) is 16.1 Å². The number of ether oxygens (including phenoxy) is 5. The van der Waals surface area contributed by atoms with E-state index in [-0.39, 0.29) is 28.5 Å². The fraction of sp³-hybridized carbons (Fsp3) is 0.259. The molecule has 1 saturated heterocycles. The normalized spacial score (nSPS) is 16.5. The highest BCUT2D eigenvalue weighted by Crippen LogP contribution is 2.47. The van der Waals surface area contributed by atoms with Crippen molar-refractivity contribution in [2.24, 2.45) is 0 Å². The van der Waals surface area contributed by atoms with Crippen LogP contribution in [0.4, 0.5) is 0 Å². The number of carbonyl (C=O) groups excluding carboxylic acids is 2. The molecule has 200 valence electrons. The van der Waals surface area contributed by atoms with Crippen LogP contribution in [-0.4, -0.2) is 57.2 Å². The van der Waals surface area contributed by atoms with Crippen molar-refractivity contribution in [3.63, 3.8) is 0 Å². The Morgan fingerprint density at radius 3 is 2.08 bits per heavy atom. The molecule has 2 heterocycles. The quantitative estimate of drug-likeness (QED) is 0.220. The molecule has 1 N–H and O–H groups in total. The molecule has 1 aliphatic rings. The van der Waals surface area contributed by atoms with Crippen LogP contribution in [0.1, 0.15) is 22.0 Å². The number of aliphatic hydroxyl groups is 1. The summed E-state index contributed by atoms with van der Waals surface area (Å²) >= 11 is 7.79. The summed E-state index contributed by atoms with van der Waals surface area (Å²) < 4.78 is 27.2. The second kappa shape index (κ2) is 11.2. The molecule has 0 saturated carbocycles. The second-order valence-corrected chi connectivity index (χ2v) is 9.59. The summed E-state index contributed by atoms with van der Waals surface area (Å²) in [6, 6.07) is 8.94. The van der Waals surface area contributed by atoms with Gasteiger partial charge in [-0.15, -0.1) is 11.3 Å². The van der Waals surface area contributed by atoms with E-state index in [9.17, 15) is 14.7 Å². The molecule has 3 aromatic rings. The number of thiophene rings is 1. The highest BCUT2D eigenvalue weighted by Gasteiger charge is 2.47. The van der Waals surface area contributed by atoms with Crippen LogP contribution in [0.25, 0.3) is 5.76 Å². The number of Topliss-reactive ketones (excluding diaryl/α,β-unsaturated/α-hetero) is 1. The van der Waals surface area contributed by atoms with Gasteiger partial charge < -0.3 is 33.7 Å². The summed E-state index contributed by atoms with van der Waals surface area (Å²) in [5.74, 6) is -0.544. The van der Waals surface area contributed by atoms with Gasteiger partial charge >= 0.3 is 0 Å². The lowest BCUT2D eigenvalue weighted by atomic mass is 9.94. The van der Waals surface area contributed by atoms with Crippen molar-refractivity contribution in [2.45, 2.75) is 12.6 Å². The van der Waals surface area contributed by atoms with Gasteiger partial charge in [0.05, 0.1) is 64.3 Å². The van der Waals surface area contributed by atoms with E-state index in [1.54, 1.807) is 12.1 Å². The zero-order valence-electron chi connectivity index (χ0n) is 21.4. The maximum atomic E-state index is 13.5. The predicted octanol–water partition coefficient (Wildman–Crippen LogP) is 5.07. The molecule has 0 aliphatic carbocycles. The van der Waals surface area contributed by atoms with E-state index in [1.165, 1.54) is 63.9 Å². The van der Waals surface area contributed by atoms with Crippen molar-refractivity contribution < 1.29 is 38.4 Å². The Balaban J connectivity index is 1.99. The van der Waals surface area contributed by atoms with Gasteiger partial charge in [0.25, 0.3) is 11.7 Å². The smallest absolute Gasteiger partial charge is 0.295 e. The number of likely N-dealkylation sites (tertiary alicyclic amines) is 1. The Bertz CT molecular complexity index is 1380. The minimum atomic E-state index is -0.989. The molecule has 9 nitrogen and oxygen atoms in total. The van der Waals surface area contributed by atoms with E-state index in [0.717, 1.165) is 4.88 Å². The summed E-state index contributed by atoms with van der Waals surface area (Å²) in [6.07, 6.45) is 0. The van der Waals surface area contributed by atoms with Gasteiger partial charge in [0, 0.05) is 10.9 Å². The minimum Gasteiger partial charge on any atom is -0.507 e. The molecule has 1 atom stereocenters. The van der Waals surface area contributed by atoms with Crippen molar-refractivity contribution in [3.8, 4) is 28.7 Å². The Morgan fingerprint density at radius 2 is 1.55 bits per heavy atom. The Kier molecular flexibility index (Phi) is 8.03. The topological polar surface area (TPSA) is 104 Å². The van der Waals surface area contributed by atoms with Crippen molar-refractivity contribution in [1.82, 2.24) is 4.90 Å². The van der Waals surface area contributed by atoms with Crippen LogP contribution >= 0.6 is 22.9 Å².